The van der Waals surface area contributed by atoms with Gasteiger partial charge in [0, 0.05) is 36.4 Å². The molecule has 1 heterocycles. The first-order chi connectivity index (χ1) is 9.63. The fourth-order valence-corrected chi connectivity index (χ4v) is 2.69. The maximum absolute atomic E-state index is 13.4. The lowest BCUT2D eigenvalue weighted by molar-refractivity contribution is 0.0706. The lowest BCUT2D eigenvalue weighted by atomic mass is 10.1. The highest BCUT2D eigenvalue weighted by Crippen LogP contribution is 2.30. The Bertz CT molecular complexity index is 490. The Labute approximate surface area is 117 Å². The number of ether oxygens (including phenoxy) is 1. The monoisotopic (exact) mass is 278 g/mol. The summed E-state index contributed by atoms with van der Waals surface area (Å²) >= 11 is 0. The predicted octanol–water partition coefficient (Wildman–Crippen LogP) is 2.05. The maximum Gasteiger partial charge on any atom is 0.254 e. The summed E-state index contributed by atoms with van der Waals surface area (Å²) in [6, 6.07) is 4.33. The molecule has 1 aliphatic carbocycles. The third-order valence-electron chi connectivity index (χ3n) is 3.89. The van der Waals surface area contributed by atoms with E-state index in [2.05, 4.69) is 0 Å². The lowest BCUT2D eigenvalue weighted by Gasteiger charge is -2.25. The minimum Gasteiger partial charge on any atom is -0.399 e. The molecule has 0 spiro atoms. The molecular weight excluding hydrogens is 259 g/mol. The average Bonchev–Trinajstić information content (AvgIpc) is 3.11. The molecule has 2 fully saturated rings. The highest BCUT2D eigenvalue weighted by atomic mass is 19.1. The number of halogens is 1. The Morgan fingerprint density at radius 2 is 2.15 bits per heavy atom. The predicted molar refractivity (Wildman–Crippen MR) is 73.8 cm³/mol. The molecule has 20 heavy (non-hydrogen) atoms. The van der Waals surface area contributed by atoms with E-state index in [0.29, 0.717) is 30.7 Å². The molecule has 4 nitrogen and oxygen atoms in total. The smallest absolute Gasteiger partial charge is 0.254 e. The number of nitrogens with zero attached hydrogens (tertiary/aromatic N) is 1. The highest BCUT2D eigenvalue weighted by molar-refractivity contribution is 5.95. The molecule has 2 aliphatic rings. The van der Waals surface area contributed by atoms with Crippen molar-refractivity contribution >= 4 is 11.6 Å². The number of amides is 1. The molecule has 5 heteroatoms. The Kier molecular flexibility index (Phi) is 3.61. The molecule has 1 atom stereocenters. The second-order valence-electron chi connectivity index (χ2n) is 5.69. The Morgan fingerprint density at radius 3 is 2.75 bits per heavy atom. The van der Waals surface area contributed by atoms with E-state index in [1.165, 1.54) is 12.1 Å². The van der Waals surface area contributed by atoms with Crippen LogP contribution in [0.25, 0.3) is 0 Å². The summed E-state index contributed by atoms with van der Waals surface area (Å²) in [5.41, 5.74) is 6.25. The normalized spacial score (nSPS) is 21.9. The van der Waals surface area contributed by atoms with Gasteiger partial charge in [-0.3, -0.25) is 4.79 Å². The van der Waals surface area contributed by atoms with E-state index in [1.54, 1.807) is 6.07 Å². The van der Waals surface area contributed by atoms with Gasteiger partial charge in [0.15, 0.2) is 0 Å². The summed E-state index contributed by atoms with van der Waals surface area (Å²) in [4.78, 5) is 14.5. The third-order valence-corrected chi connectivity index (χ3v) is 3.89. The fourth-order valence-electron chi connectivity index (χ4n) is 2.69. The zero-order chi connectivity index (χ0) is 14.1. The zero-order valence-electron chi connectivity index (χ0n) is 11.3. The Morgan fingerprint density at radius 1 is 1.35 bits per heavy atom. The molecule has 2 N–H and O–H groups in total. The van der Waals surface area contributed by atoms with Crippen LogP contribution in [0.4, 0.5) is 10.1 Å². The van der Waals surface area contributed by atoms with Crippen molar-refractivity contribution in [1.29, 1.82) is 0 Å². The molecule has 1 aliphatic heterocycles. The molecule has 0 aromatic heterocycles. The summed E-state index contributed by atoms with van der Waals surface area (Å²) in [7, 11) is 0. The van der Waals surface area contributed by atoms with Crippen LogP contribution in [0.1, 0.15) is 29.6 Å². The quantitative estimate of drug-likeness (QED) is 0.858. The topological polar surface area (TPSA) is 55.6 Å². The second kappa shape index (κ2) is 5.40. The second-order valence-corrected chi connectivity index (χ2v) is 5.69. The van der Waals surface area contributed by atoms with Gasteiger partial charge in [0.25, 0.3) is 5.91 Å². The largest absolute Gasteiger partial charge is 0.399 e. The first kappa shape index (κ1) is 13.4. The minimum atomic E-state index is -0.465. The van der Waals surface area contributed by atoms with Crippen LogP contribution in [0.2, 0.25) is 0 Å². The van der Waals surface area contributed by atoms with Crippen molar-refractivity contribution in [3.63, 3.8) is 0 Å². The van der Waals surface area contributed by atoms with Gasteiger partial charge in [-0.1, -0.05) is 0 Å². The molecule has 1 amide bonds. The summed E-state index contributed by atoms with van der Waals surface area (Å²) in [5.74, 6) is -0.190. The minimum absolute atomic E-state index is 0.120. The van der Waals surface area contributed by atoms with Crippen LogP contribution in [-0.2, 0) is 4.74 Å². The molecule has 1 saturated heterocycles. The average molecular weight is 278 g/mol. The molecule has 1 saturated carbocycles. The number of rotatable bonds is 4. The van der Waals surface area contributed by atoms with Gasteiger partial charge in [-0.05, 0) is 37.5 Å². The van der Waals surface area contributed by atoms with Crippen molar-refractivity contribution in [3.05, 3.63) is 29.6 Å². The summed E-state index contributed by atoms with van der Waals surface area (Å²) in [5, 5.41) is 0. The van der Waals surface area contributed by atoms with Crippen LogP contribution >= 0.6 is 0 Å². The van der Waals surface area contributed by atoms with E-state index >= 15 is 0 Å². The number of carbonyl (C=O) groups is 1. The molecule has 1 aromatic rings. The fraction of sp³-hybridized carbons (Fsp3) is 0.533. The van der Waals surface area contributed by atoms with Gasteiger partial charge in [-0.2, -0.15) is 0 Å². The van der Waals surface area contributed by atoms with Gasteiger partial charge in [0.05, 0.1) is 6.61 Å². The van der Waals surface area contributed by atoms with E-state index in [4.69, 9.17) is 10.5 Å². The Hall–Kier alpha value is -1.62. The van der Waals surface area contributed by atoms with Crippen molar-refractivity contribution in [1.82, 2.24) is 4.90 Å². The van der Waals surface area contributed by atoms with Crippen LogP contribution in [-0.4, -0.2) is 36.6 Å². The van der Waals surface area contributed by atoms with Crippen LogP contribution in [0.5, 0.6) is 0 Å². The molecule has 108 valence electrons. The first-order valence-electron chi connectivity index (χ1n) is 7.08. The third kappa shape index (κ3) is 2.93. The summed E-state index contributed by atoms with van der Waals surface area (Å²) < 4.78 is 18.8. The van der Waals surface area contributed by atoms with Gasteiger partial charge in [0.2, 0.25) is 0 Å². The molecular formula is C15H19FN2O2. The first-order valence-corrected chi connectivity index (χ1v) is 7.08. The van der Waals surface area contributed by atoms with E-state index < -0.39 is 5.82 Å². The van der Waals surface area contributed by atoms with Gasteiger partial charge in [-0.25, -0.2) is 4.39 Å². The van der Waals surface area contributed by atoms with Gasteiger partial charge in [0.1, 0.15) is 5.82 Å². The van der Waals surface area contributed by atoms with Gasteiger partial charge >= 0.3 is 0 Å². The summed E-state index contributed by atoms with van der Waals surface area (Å²) in [6.07, 6.45) is 3.05. The van der Waals surface area contributed by atoms with Crippen molar-refractivity contribution in [2.75, 3.05) is 25.5 Å². The van der Waals surface area contributed by atoms with Crippen LogP contribution in [0, 0.1) is 11.7 Å². The van der Waals surface area contributed by atoms with E-state index in [-0.39, 0.29) is 11.6 Å². The van der Waals surface area contributed by atoms with Crippen molar-refractivity contribution in [2.45, 2.75) is 25.3 Å². The molecule has 0 bridgehead atoms. The standard InChI is InChI=1S/C15H19FN2O2/c16-12-5-11(6-13(17)7-12)15(19)18(14-1-2-14)8-10-3-4-20-9-10/h5-7,10,14H,1-4,8-9,17H2. The molecule has 1 unspecified atom stereocenters. The van der Waals surface area contributed by atoms with E-state index in [9.17, 15) is 9.18 Å². The molecule has 0 radical (unpaired) electrons. The number of nitrogen functional groups attached to an aromatic ring is 1. The van der Waals surface area contributed by atoms with Crippen molar-refractivity contribution < 1.29 is 13.9 Å². The van der Waals surface area contributed by atoms with Gasteiger partial charge in [-0.15, -0.1) is 0 Å². The van der Waals surface area contributed by atoms with Crippen molar-refractivity contribution in [2.24, 2.45) is 5.92 Å². The zero-order valence-corrected chi connectivity index (χ0v) is 11.3. The van der Waals surface area contributed by atoms with E-state index in [1.807, 2.05) is 4.90 Å². The number of nitrogens with two attached hydrogens (primary N) is 1. The Balaban J connectivity index is 1.77. The van der Waals surface area contributed by atoms with Crippen LogP contribution in [0.3, 0.4) is 0 Å². The van der Waals surface area contributed by atoms with E-state index in [0.717, 1.165) is 25.9 Å². The SMILES string of the molecule is Nc1cc(F)cc(C(=O)N(CC2CCOC2)C2CC2)c1. The summed E-state index contributed by atoms with van der Waals surface area (Å²) in [6.45, 7) is 2.17. The number of carbonyl (C=O) groups excluding carboxylic acids is 1. The number of hydrogen-bond donors (Lipinski definition) is 1. The lowest BCUT2D eigenvalue weighted by Crippen LogP contribution is -2.37. The highest BCUT2D eigenvalue weighted by Gasteiger charge is 2.35. The molecule has 3 rings (SSSR count). The number of hydrogen-bond acceptors (Lipinski definition) is 3. The van der Waals surface area contributed by atoms with Crippen LogP contribution in [0.15, 0.2) is 18.2 Å². The molecule has 1 aromatic carbocycles. The maximum atomic E-state index is 13.4. The number of anilines is 1. The van der Waals surface area contributed by atoms with Crippen molar-refractivity contribution in [3.8, 4) is 0 Å². The van der Waals surface area contributed by atoms with Crippen LogP contribution < -0.4 is 5.73 Å². The number of benzene rings is 1. The van der Waals surface area contributed by atoms with Gasteiger partial charge < -0.3 is 15.4 Å².